The van der Waals surface area contributed by atoms with Crippen molar-refractivity contribution in [2.45, 2.75) is 31.2 Å². The highest BCUT2D eigenvalue weighted by Crippen LogP contribution is 2.16. The molecule has 0 heterocycles. The van der Waals surface area contributed by atoms with Crippen molar-refractivity contribution < 1.29 is 22.7 Å². The third-order valence-corrected chi connectivity index (χ3v) is 5.54. The molecule has 0 aromatic heterocycles. The normalized spacial score (nSPS) is 11.4. The molecular weight excluding hydrogens is 406 g/mol. The van der Waals surface area contributed by atoms with E-state index in [1.54, 1.807) is 51.1 Å². The largest absolute Gasteiger partial charge is 0.452 e. The number of ether oxygens (including phenoxy) is 1. The van der Waals surface area contributed by atoms with Gasteiger partial charge in [-0.15, -0.1) is 0 Å². The zero-order chi connectivity index (χ0) is 22.4. The third-order valence-electron chi connectivity index (χ3n) is 3.77. The van der Waals surface area contributed by atoms with Gasteiger partial charge >= 0.3 is 5.97 Å². The molecule has 0 atom stereocenters. The van der Waals surface area contributed by atoms with Crippen molar-refractivity contribution in [2.75, 3.05) is 18.1 Å². The molecule has 0 radical (unpaired) electrons. The number of amides is 1. The summed E-state index contributed by atoms with van der Waals surface area (Å²) in [6.45, 7) is 4.42. The van der Waals surface area contributed by atoms with E-state index in [-0.39, 0.29) is 17.0 Å². The number of carbonyl (C=O) groups is 2. The molecule has 0 aliphatic carbocycles. The van der Waals surface area contributed by atoms with Crippen LogP contribution >= 0.6 is 0 Å². The number of nitriles is 1. The van der Waals surface area contributed by atoms with Crippen molar-refractivity contribution in [3.63, 3.8) is 0 Å². The van der Waals surface area contributed by atoms with Crippen LogP contribution in [0.3, 0.4) is 0 Å². The second-order valence-electron chi connectivity index (χ2n) is 7.43. The lowest BCUT2D eigenvalue weighted by Crippen LogP contribution is -2.40. The van der Waals surface area contributed by atoms with Gasteiger partial charge < -0.3 is 4.74 Å². The van der Waals surface area contributed by atoms with Gasteiger partial charge in [0.15, 0.2) is 6.61 Å². The van der Waals surface area contributed by atoms with Crippen LogP contribution in [0.25, 0.3) is 0 Å². The molecule has 8 nitrogen and oxygen atoms in total. The Morgan fingerprint density at radius 2 is 1.67 bits per heavy atom. The fourth-order valence-corrected chi connectivity index (χ4v) is 3.94. The van der Waals surface area contributed by atoms with Gasteiger partial charge in [-0.25, -0.2) is 17.9 Å². The Bertz CT molecular complexity index is 1040. The fourth-order valence-electron chi connectivity index (χ4n) is 2.52. The van der Waals surface area contributed by atoms with Crippen LogP contribution in [-0.2, 0) is 19.6 Å². The minimum atomic E-state index is -3.73. The number of esters is 1. The van der Waals surface area contributed by atoms with Crippen molar-refractivity contribution in [3.05, 3.63) is 60.2 Å². The summed E-state index contributed by atoms with van der Waals surface area (Å²) in [5, 5.41) is 8.96. The number of sulfonamides is 1. The summed E-state index contributed by atoms with van der Waals surface area (Å²) in [6, 6.07) is 15.7. The number of nitrogens with zero attached hydrogens (tertiary/aromatic N) is 2. The van der Waals surface area contributed by atoms with E-state index in [1.807, 2.05) is 6.07 Å². The van der Waals surface area contributed by atoms with Crippen molar-refractivity contribution in [1.29, 1.82) is 5.26 Å². The number of nitrogens with one attached hydrogen (secondary N) is 1. The standard InChI is InChI=1S/C21H23N3O5S/c1-21(2,3)23-30(27,28)18-11-9-16(10-12-18)20(26)29-15-19(25)24(14-13-22)17-7-5-4-6-8-17/h4-12,23H,14-15H2,1-3H3. The van der Waals surface area contributed by atoms with E-state index in [0.717, 1.165) is 0 Å². The highest BCUT2D eigenvalue weighted by atomic mass is 32.2. The van der Waals surface area contributed by atoms with Crippen molar-refractivity contribution in [1.82, 2.24) is 4.72 Å². The van der Waals surface area contributed by atoms with Crippen LogP contribution in [0.15, 0.2) is 59.5 Å². The van der Waals surface area contributed by atoms with Gasteiger partial charge in [-0.1, -0.05) is 18.2 Å². The number of hydrogen-bond donors (Lipinski definition) is 1. The quantitative estimate of drug-likeness (QED) is 0.534. The van der Waals surface area contributed by atoms with Gasteiger partial charge in [0.25, 0.3) is 5.91 Å². The van der Waals surface area contributed by atoms with Gasteiger partial charge in [0.2, 0.25) is 10.0 Å². The maximum atomic E-state index is 12.4. The SMILES string of the molecule is CC(C)(C)NS(=O)(=O)c1ccc(C(=O)OCC(=O)N(CC#N)c2ccccc2)cc1. The monoisotopic (exact) mass is 429 g/mol. The van der Waals surface area contributed by atoms with Gasteiger partial charge in [0.1, 0.15) is 6.54 Å². The summed E-state index contributed by atoms with van der Waals surface area (Å²) >= 11 is 0. The first-order chi connectivity index (χ1) is 14.0. The summed E-state index contributed by atoms with van der Waals surface area (Å²) in [6.07, 6.45) is 0. The van der Waals surface area contributed by atoms with Crippen molar-refractivity contribution >= 4 is 27.6 Å². The molecule has 30 heavy (non-hydrogen) atoms. The van der Waals surface area contributed by atoms with E-state index in [9.17, 15) is 18.0 Å². The molecule has 0 fully saturated rings. The molecule has 0 spiro atoms. The third kappa shape index (κ3) is 6.40. The van der Waals surface area contributed by atoms with Crippen LogP contribution in [0.2, 0.25) is 0 Å². The van der Waals surface area contributed by atoms with Gasteiger partial charge in [0, 0.05) is 11.2 Å². The Labute approximate surface area is 176 Å². The minimum absolute atomic E-state index is 0.00863. The number of carbonyl (C=O) groups excluding carboxylic acids is 2. The van der Waals surface area contributed by atoms with Crippen LogP contribution in [0, 0.1) is 11.3 Å². The first-order valence-electron chi connectivity index (χ1n) is 9.07. The molecule has 2 aromatic carbocycles. The average Bonchev–Trinajstić information content (AvgIpc) is 2.69. The van der Waals surface area contributed by atoms with Crippen LogP contribution in [0.4, 0.5) is 5.69 Å². The lowest BCUT2D eigenvalue weighted by atomic mass is 10.1. The molecule has 2 rings (SSSR count). The number of hydrogen-bond acceptors (Lipinski definition) is 6. The highest BCUT2D eigenvalue weighted by molar-refractivity contribution is 7.89. The summed E-state index contributed by atoms with van der Waals surface area (Å²) in [5.41, 5.74) is -0.0322. The predicted molar refractivity (Wildman–Crippen MR) is 111 cm³/mol. The van der Waals surface area contributed by atoms with E-state index in [4.69, 9.17) is 10.00 Å². The first kappa shape index (κ1) is 23.1. The van der Waals surface area contributed by atoms with E-state index < -0.39 is 34.0 Å². The molecule has 0 saturated carbocycles. The molecule has 0 aliphatic rings. The highest BCUT2D eigenvalue weighted by Gasteiger charge is 2.23. The topological polar surface area (TPSA) is 117 Å². The van der Waals surface area contributed by atoms with Crippen LogP contribution in [0.5, 0.6) is 0 Å². The Hall–Kier alpha value is -3.22. The van der Waals surface area contributed by atoms with Crippen LogP contribution < -0.4 is 9.62 Å². The Balaban J connectivity index is 2.04. The maximum absolute atomic E-state index is 12.4. The molecular formula is C21H23N3O5S. The maximum Gasteiger partial charge on any atom is 0.338 e. The lowest BCUT2D eigenvalue weighted by Gasteiger charge is -2.20. The van der Waals surface area contributed by atoms with Crippen LogP contribution in [0.1, 0.15) is 31.1 Å². The molecule has 2 aromatic rings. The lowest BCUT2D eigenvalue weighted by molar-refractivity contribution is -0.121. The number of anilines is 1. The zero-order valence-electron chi connectivity index (χ0n) is 17.0. The second-order valence-corrected chi connectivity index (χ2v) is 9.11. The molecule has 0 aliphatic heterocycles. The summed E-state index contributed by atoms with van der Waals surface area (Å²) < 4.78 is 32.2. The van der Waals surface area contributed by atoms with E-state index in [2.05, 4.69) is 4.72 Å². The first-order valence-corrected chi connectivity index (χ1v) is 10.6. The van der Waals surface area contributed by atoms with Gasteiger partial charge in [-0.3, -0.25) is 9.69 Å². The molecule has 158 valence electrons. The van der Waals surface area contributed by atoms with E-state index in [1.165, 1.54) is 29.2 Å². The van der Waals surface area contributed by atoms with Crippen molar-refractivity contribution in [2.24, 2.45) is 0 Å². The average molecular weight is 429 g/mol. The number of rotatable bonds is 7. The van der Waals surface area contributed by atoms with E-state index in [0.29, 0.717) is 5.69 Å². The molecule has 1 amide bonds. The molecule has 0 bridgehead atoms. The summed E-state index contributed by atoms with van der Waals surface area (Å²) in [5.74, 6) is -1.33. The molecule has 1 N–H and O–H groups in total. The minimum Gasteiger partial charge on any atom is -0.452 e. The zero-order valence-corrected chi connectivity index (χ0v) is 17.8. The Kier molecular flexibility index (Phi) is 7.32. The Morgan fingerprint density at radius 1 is 1.07 bits per heavy atom. The fraction of sp³-hybridized carbons (Fsp3) is 0.286. The smallest absolute Gasteiger partial charge is 0.338 e. The Morgan fingerprint density at radius 3 is 2.20 bits per heavy atom. The molecule has 9 heteroatoms. The van der Waals surface area contributed by atoms with Crippen molar-refractivity contribution in [3.8, 4) is 6.07 Å². The summed E-state index contributed by atoms with van der Waals surface area (Å²) in [4.78, 5) is 25.8. The molecule has 0 unspecified atom stereocenters. The number of para-hydroxylation sites is 1. The van der Waals surface area contributed by atoms with Crippen LogP contribution in [-0.4, -0.2) is 39.0 Å². The van der Waals surface area contributed by atoms with Gasteiger partial charge in [-0.2, -0.15) is 5.26 Å². The predicted octanol–water partition coefficient (Wildman–Crippen LogP) is 2.48. The van der Waals surface area contributed by atoms with Gasteiger partial charge in [-0.05, 0) is 57.2 Å². The summed E-state index contributed by atoms with van der Waals surface area (Å²) in [7, 11) is -3.73. The second kappa shape index (κ2) is 9.52. The van der Waals surface area contributed by atoms with E-state index >= 15 is 0 Å². The number of benzene rings is 2. The van der Waals surface area contributed by atoms with Gasteiger partial charge in [0.05, 0.1) is 16.5 Å². The molecule has 0 saturated heterocycles.